The van der Waals surface area contributed by atoms with E-state index in [1.165, 1.54) is 6.07 Å². The molecule has 0 unspecified atom stereocenters. The molecule has 0 aliphatic heterocycles. The van der Waals surface area contributed by atoms with Crippen LogP contribution in [-0.4, -0.2) is 5.78 Å². The van der Waals surface area contributed by atoms with Crippen molar-refractivity contribution in [2.75, 3.05) is 0 Å². The molecule has 0 aliphatic carbocycles. The largest absolute Gasteiger partial charge is 0.453 e. The van der Waals surface area contributed by atoms with Crippen molar-refractivity contribution >= 4 is 28.4 Å². The maximum absolute atomic E-state index is 13.5. The summed E-state index contributed by atoms with van der Waals surface area (Å²) in [6.45, 7) is 1.65. The van der Waals surface area contributed by atoms with Gasteiger partial charge in [0.15, 0.2) is 5.76 Å². The molecule has 1 heterocycles. The Morgan fingerprint density at radius 2 is 1.95 bits per heavy atom. The molecule has 0 aliphatic rings. The van der Waals surface area contributed by atoms with E-state index < -0.39 is 5.82 Å². The minimum absolute atomic E-state index is 0.172. The third-order valence-electron chi connectivity index (χ3n) is 3.14. The second kappa shape index (κ2) is 4.76. The molecule has 0 saturated heterocycles. The summed E-state index contributed by atoms with van der Waals surface area (Å²) in [7, 11) is 0. The minimum atomic E-state index is -0.407. The monoisotopic (exact) mass is 288 g/mol. The van der Waals surface area contributed by atoms with Crippen LogP contribution >= 0.6 is 11.6 Å². The first-order valence-electron chi connectivity index (χ1n) is 6.04. The van der Waals surface area contributed by atoms with Gasteiger partial charge in [0.05, 0.1) is 0 Å². The highest BCUT2D eigenvalue weighted by Crippen LogP contribution is 2.25. The van der Waals surface area contributed by atoms with E-state index in [-0.39, 0.29) is 17.1 Å². The van der Waals surface area contributed by atoms with Crippen LogP contribution in [0.2, 0.25) is 5.02 Å². The fourth-order valence-corrected chi connectivity index (χ4v) is 2.18. The van der Waals surface area contributed by atoms with Crippen molar-refractivity contribution in [2.45, 2.75) is 6.92 Å². The topological polar surface area (TPSA) is 30.2 Å². The van der Waals surface area contributed by atoms with E-state index >= 15 is 0 Å². The molecule has 2 nitrogen and oxygen atoms in total. The summed E-state index contributed by atoms with van der Waals surface area (Å²) in [4.78, 5) is 12.3. The Kier molecular flexibility index (Phi) is 3.07. The second-order valence-electron chi connectivity index (χ2n) is 4.59. The van der Waals surface area contributed by atoms with Gasteiger partial charge in [0.2, 0.25) is 5.78 Å². The summed E-state index contributed by atoms with van der Waals surface area (Å²) in [5.74, 6) is -0.586. The molecule has 1 aromatic heterocycles. The quantitative estimate of drug-likeness (QED) is 0.636. The minimum Gasteiger partial charge on any atom is -0.453 e. The van der Waals surface area contributed by atoms with Crippen molar-refractivity contribution < 1.29 is 13.6 Å². The van der Waals surface area contributed by atoms with Gasteiger partial charge in [-0.15, -0.1) is 0 Å². The van der Waals surface area contributed by atoms with E-state index in [0.29, 0.717) is 16.2 Å². The third kappa shape index (κ3) is 2.21. The lowest BCUT2D eigenvalue weighted by Gasteiger charge is -2.00. The zero-order chi connectivity index (χ0) is 14.3. The fraction of sp³-hybridized carbons (Fsp3) is 0.0625. The van der Waals surface area contributed by atoms with Crippen LogP contribution in [0.15, 0.2) is 46.9 Å². The molecule has 0 N–H and O–H groups in total. The van der Waals surface area contributed by atoms with E-state index in [0.717, 1.165) is 5.39 Å². The fourth-order valence-electron chi connectivity index (χ4n) is 2.00. The highest BCUT2D eigenvalue weighted by atomic mass is 35.5. The zero-order valence-corrected chi connectivity index (χ0v) is 11.4. The Balaban J connectivity index is 2.05. The van der Waals surface area contributed by atoms with E-state index in [2.05, 4.69) is 0 Å². The zero-order valence-electron chi connectivity index (χ0n) is 10.6. The van der Waals surface area contributed by atoms with Crippen LogP contribution in [0, 0.1) is 12.7 Å². The van der Waals surface area contributed by atoms with Crippen molar-refractivity contribution in [3.63, 3.8) is 0 Å². The van der Waals surface area contributed by atoms with Crippen LogP contribution in [0.25, 0.3) is 11.0 Å². The molecule has 20 heavy (non-hydrogen) atoms. The Morgan fingerprint density at radius 1 is 1.15 bits per heavy atom. The van der Waals surface area contributed by atoms with Crippen LogP contribution in [0.5, 0.6) is 0 Å². The van der Waals surface area contributed by atoms with Gasteiger partial charge in [-0.1, -0.05) is 23.7 Å². The number of halogens is 2. The predicted octanol–water partition coefficient (Wildman–Crippen LogP) is 4.76. The van der Waals surface area contributed by atoms with Gasteiger partial charge >= 0.3 is 0 Å². The summed E-state index contributed by atoms with van der Waals surface area (Å²) >= 11 is 5.89. The number of carbonyl (C=O) groups is 1. The molecular formula is C16H10ClFO2. The standard InChI is InChI=1S/C16H10ClFO2/c1-9-2-3-10(7-13(9)18)16(19)15-8-11-6-12(17)4-5-14(11)20-15/h2-8H,1H3. The molecule has 4 heteroatoms. The smallest absolute Gasteiger partial charge is 0.228 e. The van der Waals surface area contributed by atoms with Crippen LogP contribution in [0.4, 0.5) is 4.39 Å². The lowest BCUT2D eigenvalue weighted by atomic mass is 10.1. The van der Waals surface area contributed by atoms with Crippen molar-refractivity contribution in [1.29, 1.82) is 0 Å². The van der Waals surface area contributed by atoms with Crippen LogP contribution in [0.3, 0.4) is 0 Å². The lowest BCUT2D eigenvalue weighted by Crippen LogP contribution is -2.00. The Bertz CT molecular complexity index is 820. The molecule has 3 rings (SSSR count). The summed E-state index contributed by atoms with van der Waals surface area (Å²) < 4.78 is 19.0. The lowest BCUT2D eigenvalue weighted by molar-refractivity contribution is 0.101. The predicted molar refractivity (Wildman–Crippen MR) is 75.8 cm³/mol. The highest BCUT2D eigenvalue weighted by molar-refractivity contribution is 6.31. The van der Waals surface area contributed by atoms with Gasteiger partial charge in [-0.05, 0) is 42.8 Å². The molecular weight excluding hydrogens is 279 g/mol. The first-order valence-corrected chi connectivity index (χ1v) is 6.42. The summed E-state index contributed by atoms with van der Waals surface area (Å²) in [6.07, 6.45) is 0. The number of fused-ring (bicyclic) bond motifs is 1. The van der Waals surface area contributed by atoms with Crippen molar-refractivity contribution in [1.82, 2.24) is 0 Å². The molecule has 0 saturated carbocycles. The van der Waals surface area contributed by atoms with Gasteiger partial charge < -0.3 is 4.42 Å². The van der Waals surface area contributed by atoms with Gasteiger partial charge in [0.1, 0.15) is 11.4 Å². The maximum atomic E-state index is 13.5. The molecule has 0 radical (unpaired) electrons. The molecule has 0 atom stereocenters. The average Bonchev–Trinajstić information content (AvgIpc) is 2.84. The number of benzene rings is 2. The Hall–Kier alpha value is -2.13. The van der Waals surface area contributed by atoms with Crippen molar-refractivity contribution in [3.05, 3.63) is 70.2 Å². The van der Waals surface area contributed by atoms with E-state index in [9.17, 15) is 9.18 Å². The number of hydrogen-bond donors (Lipinski definition) is 0. The first kappa shape index (κ1) is 12.9. The van der Waals surface area contributed by atoms with E-state index in [1.54, 1.807) is 43.3 Å². The molecule has 0 spiro atoms. The van der Waals surface area contributed by atoms with Gasteiger partial charge in [0.25, 0.3) is 0 Å². The normalized spacial score (nSPS) is 10.9. The Morgan fingerprint density at radius 3 is 2.70 bits per heavy atom. The molecule has 0 fully saturated rings. The first-order chi connectivity index (χ1) is 9.54. The molecule has 100 valence electrons. The van der Waals surface area contributed by atoms with Crippen LogP contribution in [-0.2, 0) is 0 Å². The van der Waals surface area contributed by atoms with Gasteiger partial charge in [-0.2, -0.15) is 0 Å². The number of ketones is 1. The highest BCUT2D eigenvalue weighted by Gasteiger charge is 2.15. The second-order valence-corrected chi connectivity index (χ2v) is 5.02. The Labute approximate surface area is 119 Å². The number of carbonyl (C=O) groups excluding carboxylic acids is 1. The van der Waals surface area contributed by atoms with Gasteiger partial charge in [-0.25, -0.2) is 4.39 Å². The summed E-state index contributed by atoms with van der Waals surface area (Å²) in [6, 6.07) is 11.1. The van der Waals surface area contributed by atoms with E-state index in [4.69, 9.17) is 16.0 Å². The number of furan rings is 1. The molecule has 3 aromatic rings. The van der Waals surface area contributed by atoms with Crippen molar-refractivity contribution in [3.8, 4) is 0 Å². The van der Waals surface area contributed by atoms with Crippen LogP contribution in [0.1, 0.15) is 21.7 Å². The third-order valence-corrected chi connectivity index (χ3v) is 3.37. The average molecular weight is 289 g/mol. The van der Waals surface area contributed by atoms with Gasteiger partial charge in [-0.3, -0.25) is 4.79 Å². The maximum Gasteiger partial charge on any atom is 0.228 e. The number of aryl methyl sites for hydroxylation is 1. The van der Waals surface area contributed by atoms with E-state index in [1.807, 2.05) is 0 Å². The molecule has 0 bridgehead atoms. The van der Waals surface area contributed by atoms with Gasteiger partial charge in [0, 0.05) is 16.0 Å². The molecule has 0 amide bonds. The molecule has 2 aromatic carbocycles. The number of hydrogen-bond acceptors (Lipinski definition) is 2. The summed E-state index contributed by atoms with van der Waals surface area (Å²) in [5, 5.41) is 1.31. The number of rotatable bonds is 2. The SMILES string of the molecule is Cc1ccc(C(=O)c2cc3cc(Cl)ccc3o2)cc1F. The van der Waals surface area contributed by atoms with Crippen LogP contribution < -0.4 is 0 Å². The van der Waals surface area contributed by atoms with Crippen molar-refractivity contribution in [2.24, 2.45) is 0 Å². The summed E-state index contributed by atoms with van der Waals surface area (Å²) in [5.41, 5.74) is 1.33.